The van der Waals surface area contributed by atoms with E-state index in [2.05, 4.69) is 17.3 Å². The molecule has 1 aromatic carbocycles. The van der Waals surface area contributed by atoms with Gasteiger partial charge in [0.2, 0.25) is 11.8 Å². The first-order chi connectivity index (χ1) is 13.5. The van der Waals surface area contributed by atoms with E-state index in [9.17, 15) is 14.4 Å². The summed E-state index contributed by atoms with van der Waals surface area (Å²) in [7, 11) is 0. The van der Waals surface area contributed by atoms with E-state index in [-0.39, 0.29) is 35.9 Å². The van der Waals surface area contributed by atoms with Gasteiger partial charge < -0.3 is 10.2 Å². The minimum Gasteiger partial charge on any atom is -0.356 e. The van der Waals surface area contributed by atoms with Crippen molar-refractivity contribution in [2.45, 2.75) is 52.1 Å². The van der Waals surface area contributed by atoms with E-state index in [0.717, 1.165) is 31.1 Å². The number of piperidine rings is 1. The predicted molar refractivity (Wildman–Crippen MR) is 108 cm³/mol. The third-order valence-electron chi connectivity index (χ3n) is 5.45. The molecule has 1 N–H and O–H groups in total. The van der Waals surface area contributed by atoms with Gasteiger partial charge in [0.1, 0.15) is 6.54 Å². The molecular formula is C21H28N4O3. The van der Waals surface area contributed by atoms with Crippen molar-refractivity contribution in [3.63, 3.8) is 0 Å². The quantitative estimate of drug-likeness (QED) is 0.772. The van der Waals surface area contributed by atoms with Gasteiger partial charge in [0, 0.05) is 24.5 Å². The van der Waals surface area contributed by atoms with E-state index < -0.39 is 0 Å². The van der Waals surface area contributed by atoms with Crippen LogP contribution in [0, 0.1) is 5.92 Å². The lowest BCUT2D eigenvalue weighted by molar-refractivity contribution is -0.139. The second kappa shape index (κ2) is 8.99. The molecule has 2 unspecified atom stereocenters. The molecule has 0 bridgehead atoms. The summed E-state index contributed by atoms with van der Waals surface area (Å²) >= 11 is 0. The highest BCUT2D eigenvalue weighted by Gasteiger charge is 2.32. The molecule has 1 saturated heterocycles. The van der Waals surface area contributed by atoms with Gasteiger partial charge in [-0.1, -0.05) is 31.5 Å². The molecule has 7 nitrogen and oxygen atoms in total. The maximum absolute atomic E-state index is 12.9. The van der Waals surface area contributed by atoms with Crippen molar-refractivity contribution in [2.75, 3.05) is 13.1 Å². The summed E-state index contributed by atoms with van der Waals surface area (Å²) in [6.07, 6.45) is 5.14. The molecule has 28 heavy (non-hydrogen) atoms. The molecule has 3 rings (SSSR count). The molecule has 1 fully saturated rings. The Bertz CT molecular complexity index is 908. The first kappa shape index (κ1) is 20.0. The van der Waals surface area contributed by atoms with Gasteiger partial charge >= 0.3 is 0 Å². The van der Waals surface area contributed by atoms with Crippen LogP contribution in [0.3, 0.4) is 0 Å². The van der Waals surface area contributed by atoms with E-state index >= 15 is 0 Å². The van der Waals surface area contributed by atoms with Gasteiger partial charge in [-0.25, -0.2) is 4.68 Å². The summed E-state index contributed by atoms with van der Waals surface area (Å²) in [4.78, 5) is 39.6. The van der Waals surface area contributed by atoms with Crippen molar-refractivity contribution in [3.8, 4) is 0 Å². The molecular weight excluding hydrogens is 356 g/mol. The minimum absolute atomic E-state index is 0.0131. The van der Waals surface area contributed by atoms with Crippen molar-refractivity contribution in [3.05, 3.63) is 40.8 Å². The lowest BCUT2D eigenvalue weighted by atomic mass is 9.92. The van der Waals surface area contributed by atoms with Crippen LogP contribution in [0.4, 0.5) is 0 Å². The number of likely N-dealkylation sites (tertiary alicyclic amines) is 1. The summed E-state index contributed by atoms with van der Waals surface area (Å²) in [5.74, 6) is -0.360. The third-order valence-corrected chi connectivity index (χ3v) is 5.45. The third kappa shape index (κ3) is 4.40. The molecule has 0 saturated carbocycles. The summed E-state index contributed by atoms with van der Waals surface area (Å²) in [5.41, 5.74) is -0.273. The second-order valence-electron chi connectivity index (χ2n) is 7.51. The lowest BCUT2D eigenvalue weighted by Gasteiger charge is -2.37. The largest absolute Gasteiger partial charge is 0.356 e. The Morgan fingerprint density at radius 1 is 1.25 bits per heavy atom. The van der Waals surface area contributed by atoms with Crippen molar-refractivity contribution in [1.82, 2.24) is 20.0 Å². The number of nitrogens with zero attached hydrogens (tertiary/aromatic N) is 3. The van der Waals surface area contributed by atoms with Crippen LogP contribution in [0.15, 0.2) is 35.3 Å². The maximum Gasteiger partial charge on any atom is 0.275 e. The Labute approximate surface area is 164 Å². The number of hydrogen-bond acceptors (Lipinski definition) is 4. The van der Waals surface area contributed by atoms with Crippen LogP contribution in [0.2, 0.25) is 0 Å². The molecule has 0 spiro atoms. The van der Waals surface area contributed by atoms with Gasteiger partial charge in [-0.05, 0) is 32.3 Å². The topological polar surface area (TPSA) is 84.3 Å². The number of aromatic nitrogens is 2. The smallest absolute Gasteiger partial charge is 0.275 e. The van der Waals surface area contributed by atoms with Crippen LogP contribution < -0.4 is 10.9 Å². The first-order valence-electron chi connectivity index (χ1n) is 10.0. The number of hydrogen-bond donors (Lipinski definition) is 1. The number of fused-ring (bicyclic) bond motifs is 1. The fourth-order valence-electron chi connectivity index (χ4n) is 3.66. The normalized spacial score (nSPS) is 19.6. The molecule has 150 valence electrons. The van der Waals surface area contributed by atoms with E-state index in [1.165, 1.54) is 4.68 Å². The van der Waals surface area contributed by atoms with Crippen LogP contribution in [-0.2, 0) is 16.1 Å². The molecule has 1 aromatic heterocycles. The summed E-state index contributed by atoms with van der Waals surface area (Å²) < 4.78 is 1.21. The Morgan fingerprint density at radius 3 is 2.82 bits per heavy atom. The summed E-state index contributed by atoms with van der Waals surface area (Å²) in [5, 5.41) is 8.41. The van der Waals surface area contributed by atoms with E-state index in [4.69, 9.17) is 0 Å². The molecule has 1 aliphatic heterocycles. The molecule has 0 aliphatic carbocycles. The minimum atomic E-state index is -0.273. The average Bonchev–Trinajstić information content (AvgIpc) is 2.70. The zero-order chi connectivity index (χ0) is 20.1. The van der Waals surface area contributed by atoms with Crippen molar-refractivity contribution in [1.29, 1.82) is 0 Å². The average molecular weight is 384 g/mol. The summed E-state index contributed by atoms with van der Waals surface area (Å²) in [6.45, 7) is 5.02. The predicted octanol–water partition coefficient (Wildman–Crippen LogP) is 1.94. The number of carbonyl (C=O) groups is 2. The van der Waals surface area contributed by atoms with Crippen LogP contribution in [0.5, 0.6) is 0 Å². The van der Waals surface area contributed by atoms with Gasteiger partial charge in [0.15, 0.2) is 0 Å². The Morgan fingerprint density at radius 2 is 2.04 bits per heavy atom. The van der Waals surface area contributed by atoms with Crippen LogP contribution >= 0.6 is 0 Å². The van der Waals surface area contributed by atoms with Crippen molar-refractivity contribution >= 4 is 22.6 Å². The monoisotopic (exact) mass is 384 g/mol. The number of rotatable bonds is 6. The number of amides is 2. The number of nitrogens with one attached hydrogen (secondary N) is 1. The van der Waals surface area contributed by atoms with Crippen molar-refractivity contribution < 1.29 is 9.59 Å². The van der Waals surface area contributed by atoms with Gasteiger partial charge in [-0.3, -0.25) is 14.4 Å². The van der Waals surface area contributed by atoms with E-state index in [0.29, 0.717) is 18.5 Å². The summed E-state index contributed by atoms with van der Waals surface area (Å²) in [6, 6.07) is 7.25. The zero-order valence-corrected chi connectivity index (χ0v) is 16.6. The number of unbranched alkanes of at least 4 members (excludes halogenated alkanes) is 1. The molecule has 1 aliphatic rings. The maximum atomic E-state index is 12.9. The van der Waals surface area contributed by atoms with Gasteiger partial charge in [-0.15, -0.1) is 0 Å². The highest BCUT2D eigenvalue weighted by atomic mass is 16.2. The lowest BCUT2D eigenvalue weighted by Crippen LogP contribution is -2.51. The van der Waals surface area contributed by atoms with Gasteiger partial charge in [0.05, 0.1) is 17.5 Å². The van der Waals surface area contributed by atoms with Crippen LogP contribution in [-0.4, -0.2) is 45.6 Å². The Kier molecular flexibility index (Phi) is 6.44. The van der Waals surface area contributed by atoms with Gasteiger partial charge in [0.25, 0.3) is 5.56 Å². The van der Waals surface area contributed by atoms with Crippen LogP contribution in [0.25, 0.3) is 10.8 Å². The highest BCUT2D eigenvalue weighted by Crippen LogP contribution is 2.22. The molecule has 2 atom stereocenters. The Hall–Kier alpha value is -2.70. The molecule has 2 amide bonds. The number of carbonyl (C=O) groups excluding carboxylic acids is 2. The SMILES string of the molecule is CCCCNC(=O)C1CCC(C)N(C(=O)Cn2ncc3ccccc3c2=O)C1. The standard InChI is InChI=1S/C21H28N4O3/c1-3-4-11-22-20(27)17-10-9-15(2)24(13-17)19(26)14-25-21(28)18-8-6-5-7-16(18)12-23-25/h5-8,12,15,17H,3-4,9-11,13-14H2,1-2H3,(H,22,27). The number of benzene rings is 1. The molecule has 0 radical (unpaired) electrons. The first-order valence-corrected chi connectivity index (χ1v) is 10.0. The van der Waals surface area contributed by atoms with Crippen LogP contribution in [0.1, 0.15) is 39.5 Å². The van der Waals surface area contributed by atoms with E-state index in [1.807, 2.05) is 19.1 Å². The van der Waals surface area contributed by atoms with Gasteiger partial charge in [-0.2, -0.15) is 5.10 Å². The second-order valence-corrected chi connectivity index (χ2v) is 7.51. The fraction of sp³-hybridized carbons (Fsp3) is 0.524. The highest BCUT2D eigenvalue weighted by molar-refractivity contribution is 5.82. The van der Waals surface area contributed by atoms with E-state index in [1.54, 1.807) is 23.2 Å². The molecule has 2 aromatic rings. The zero-order valence-electron chi connectivity index (χ0n) is 16.6. The molecule has 7 heteroatoms. The molecule has 2 heterocycles. The Balaban J connectivity index is 1.70. The fourth-order valence-corrected chi connectivity index (χ4v) is 3.66. The van der Waals surface area contributed by atoms with Crippen molar-refractivity contribution in [2.24, 2.45) is 5.92 Å².